The molecule has 154 valence electrons. The van der Waals surface area contributed by atoms with Crippen molar-refractivity contribution < 1.29 is 18.8 Å². The summed E-state index contributed by atoms with van der Waals surface area (Å²) < 4.78 is 19.7. The van der Waals surface area contributed by atoms with Crippen molar-refractivity contribution in [2.24, 2.45) is 0 Å². The van der Waals surface area contributed by atoms with Gasteiger partial charge in [0, 0.05) is 17.5 Å². The van der Waals surface area contributed by atoms with Crippen LogP contribution in [0.1, 0.15) is 11.8 Å². The number of carbonyl (C=O) groups excluding carboxylic acids is 1. The van der Waals surface area contributed by atoms with Gasteiger partial charge in [0.15, 0.2) is 0 Å². The van der Waals surface area contributed by atoms with Crippen LogP contribution in [-0.2, 0) is 11.2 Å². The zero-order valence-electron chi connectivity index (χ0n) is 15.5. The molecule has 1 aromatic heterocycles. The summed E-state index contributed by atoms with van der Waals surface area (Å²) in [6.07, 6.45) is -0.360. The number of nitrogens with zero attached hydrogens (tertiary/aromatic N) is 2. The van der Waals surface area contributed by atoms with Crippen LogP contribution in [0.5, 0.6) is 0 Å². The van der Waals surface area contributed by atoms with Crippen LogP contribution in [0.2, 0.25) is 0 Å². The van der Waals surface area contributed by atoms with Gasteiger partial charge in [0.1, 0.15) is 11.9 Å². The van der Waals surface area contributed by atoms with Gasteiger partial charge < -0.3 is 15.4 Å². The molecule has 1 aliphatic rings. The third kappa shape index (κ3) is 5.39. The zero-order chi connectivity index (χ0) is 21.0. The van der Waals surface area contributed by atoms with Gasteiger partial charge in [-0.2, -0.15) is 0 Å². The largest absolute Gasteiger partial charge is 0.442 e. The van der Waals surface area contributed by atoms with Gasteiger partial charge in [0.25, 0.3) is 0 Å². The fraction of sp³-hybridized carbons (Fsp3) is 0.333. The lowest BCUT2D eigenvalue weighted by atomic mass is 10.2. The Kier molecular flexibility index (Phi) is 6.60. The Balaban J connectivity index is 1.56. The van der Waals surface area contributed by atoms with Crippen LogP contribution in [0.15, 0.2) is 30.3 Å². The van der Waals surface area contributed by atoms with Gasteiger partial charge >= 0.3 is 11.1 Å². The molecule has 0 radical (unpaired) electrons. The molecule has 0 spiro atoms. The summed E-state index contributed by atoms with van der Waals surface area (Å²) in [6, 6.07) is 7.63. The van der Waals surface area contributed by atoms with E-state index >= 15 is 0 Å². The average Bonchev–Trinajstić information content (AvgIpc) is 3.28. The van der Waals surface area contributed by atoms with Gasteiger partial charge in [-0.1, -0.05) is 23.6 Å². The zero-order valence-corrected chi connectivity index (χ0v) is 17.1. The van der Waals surface area contributed by atoms with Crippen molar-refractivity contribution in [3.63, 3.8) is 0 Å². The number of carbonyl (C=O) groups is 1. The van der Waals surface area contributed by atoms with Crippen molar-refractivity contribution in [2.45, 2.75) is 19.4 Å². The number of cyclic esters (lactones) is 1. The predicted molar refractivity (Wildman–Crippen MR) is 113 cm³/mol. The number of ether oxygens (including phenoxy) is 1. The predicted octanol–water partition coefficient (Wildman–Crippen LogP) is 3.71. The van der Waals surface area contributed by atoms with Crippen molar-refractivity contribution in [3.8, 4) is 0 Å². The van der Waals surface area contributed by atoms with E-state index in [0.717, 1.165) is 16.2 Å². The molecule has 1 saturated heterocycles. The highest BCUT2D eigenvalue weighted by Gasteiger charge is 2.32. The van der Waals surface area contributed by atoms with Crippen LogP contribution in [0.4, 0.5) is 25.6 Å². The normalized spacial score (nSPS) is 15.9. The Bertz CT molecular complexity index is 936. The molecule has 1 aromatic carbocycles. The van der Waals surface area contributed by atoms with Gasteiger partial charge in [-0.15, -0.1) is 0 Å². The van der Waals surface area contributed by atoms with Crippen LogP contribution in [0.3, 0.4) is 0 Å². The van der Waals surface area contributed by atoms with Crippen LogP contribution in [0, 0.1) is 15.9 Å². The Hall–Kier alpha value is -2.79. The van der Waals surface area contributed by atoms with Crippen molar-refractivity contribution in [2.75, 3.05) is 29.9 Å². The Morgan fingerprint density at radius 3 is 2.90 bits per heavy atom. The maximum Gasteiger partial charge on any atom is 0.414 e. The van der Waals surface area contributed by atoms with E-state index in [9.17, 15) is 19.3 Å². The lowest BCUT2D eigenvalue weighted by Gasteiger charge is -2.15. The highest BCUT2D eigenvalue weighted by atomic mass is 32.1. The second-order valence-corrected chi connectivity index (χ2v) is 8.15. The van der Waals surface area contributed by atoms with Gasteiger partial charge in [-0.3, -0.25) is 15.0 Å². The van der Waals surface area contributed by atoms with Crippen LogP contribution in [0.25, 0.3) is 0 Å². The average molecular weight is 439 g/mol. The molecule has 1 amide bonds. The van der Waals surface area contributed by atoms with Crippen molar-refractivity contribution in [3.05, 3.63) is 51.1 Å². The molecule has 1 unspecified atom stereocenters. The first-order chi connectivity index (χ1) is 13.8. The van der Waals surface area contributed by atoms with Crippen molar-refractivity contribution in [1.29, 1.82) is 0 Å². The van der Waals surface area contributed by atoms with Gasteiger partial charge in [0.2, 0.25) is 0 Å². The molecule has 1 aliphatic heterocycles. The van der Waals surface area contributed by atoms with Crippen molar-refractivity contribution in [1.82, 2.24) is 5.32 Å². The summed E-state index contributed by atoms with van der Waals surface area (Å²) in [5.74, 6) is -0.497. The molecule has 2 N–H and O–H groups in total. The molecule has 0 aliphatic carbocycles. The number of thiocarbonyl (C=S) groups is 1. The highest BCUT2D eigenvalue weighted by molar-refractivity contribution is 7.80. The number of nitrogens with one attached hydrogen (secondary N) is 2. The molecule has 1 atom stereocenters. The molecular formula is C18H19FN4O4S2. The lowest BCUT2D eigenvalue weighted by Crippen LogP contribution is -2.32. The van der Waals surface area contributed by atoms with E-state index in [-0.39, 0.29) is 11.1 Å². The molecule has 1 fully saturated rings. The molecule has 11 heteroatoms. The fourth-order valence-electron chi connectivity index (χ4n) is 2.83. The highest BCUT2D eigenvalue weighted by Crippen LogP contribution is 2.27. The van der Waals surface area contributed by atoms with E-state index in [1.807, 2.05) is 0 Å². The standard InChI is InChI=1S/C18H19FN4O4S2/c1-11(28)21-9-13-10-22(18(24)27-13)12-2-4-16(15(19)8-12)20-7-6-14-3-5-17(29-14)23(25)26/h2-5,8,13,20H,6-7,9-10H2,1H3,(H,21,28). The SMILES string of the molecule is CC(=S)NCC1CN(c2ccc(NCCc3ccc([N+](=O)[O-])s3)c(F)c2)C(=O)O1. The lowest BCUT2D eigenvalue weighted by molar-refractivity contribution is -0.380. The second-order valence-electron chi connectivity index (χ2n) is 6.39. The van der Waals surface area contributed by atoms with Gasteiger partial charge in [0.05, 0.1) is 34.4 Å². The molecule has 8 nitrogen and oxygen atoms in total. The van der Waals surface area contributed by atoms with Crippen molar-refractivity contribution >= 4 is 51.0 Å². The topological polar surface area (TPSA) is 96.7 Å². The Morgan fingerprint density at radius 2 is 2.24 bits per heavy atom. The fourth-order valence-corrected chi connectivity index (χ4v) is 3.73. The van der Waals surface area contributed by atoms with Gasteiger partial charge in [-0.05, 0) is 37.6 Å². The number of thiophene rings is 1. The number of nitro groups is 1. The smallest absolute Gasteiger partial charge is 0.414 e. The third-order valence-corrected chi connectivity index (χ3v) is 5.47. The first-order valence-electron chi connectivity index (χ1n) is 8.82. The first-order valence-corrected chi connectivity index (χ1v) is 10.0. The number of halogens is 1. The van der Waals surface area contributed by atoms with E-state index in [2.05, 4.69) is 10.6 Å². The maximum atomic E-state index is 14.5. The first kappa shape index (κ1) is 20.9. The third-order valence-electron chi connectivity index (χ3n) is 4.23. The molecule has 2 aromatic rings. The molecule has 0 saturated carbocycles. The summed E-state index contributed by atoms with van der Waals surface area (Å²) in [7, 11) is 0. The maximum absolute atomic E-state index is 14.5. The van der Waals surface area contributed by atoms with E-state index < -0.39 is 16.8 Å². The second kappa shape index (κ2) is 9.14. The number of benzene rings is 1. The minimum atomic E-state index is -0.529. The molecule has 2 heterocycles. The monoisotopic (exact) mass is 438 g/mol. The van der Waals surface area contributed by atoms with E-state index in [0.29, 0.717) is 42.4 Å². The summed E-state index contributed by atoms with van der Waals surface area (Å²) in [5, 5.41) is 16.7. The minimum Gasteiger partial charge on any atom is -0.442 e. The molecular weight excluding hydrogens is 419 g/mol. The quantitative estimate of drug-likeness (QED) is 0.368. The van der Waals surface area contributed by atoms with E-state index in [4.69, 9.17) is 17.0 Å². The van der Waals surface area contributed by atoms with E-state index in [1.165, 1.54) is 17.0 Å². The van der Waals surface area contributed by atoms with Crippen LogP contribution < -0.4 is 15.5 Å². The summed E-state index contributed by atoms with van der Waals surface area (Å²) >= 11 is 6.04. The van der Waals surface area contributed by atoms with Crippen LogP contribution >= 0.6 is 23.6 Å². The summed E-state index contributed by atoms with van der Waals surface area (Å²) in [6.45, 7) is 2.87. The Morgan fingerprint density at radius 1 is 1.45 bits per heavy atom. The molecule has 3 rings (SSSR count). The number of anilines is 2. The Labute approximate surface area is 175 Å². The number of rotatable bonds is 8. The molecule has 0 bridgehead atoms. The summed E-state index contributed by atoms with van der Waals surface area (Å²) in [5.41, 5.74) is 0.704. The summed E-state index contributed by atoms with van der Waals surface area (Å²) in [4.78, 5) is 25.2. The number of hydrogen-bond acceptors (Lipinski definition) is 7. The van der Waals surface area contributed by atoms with Gasteiger partial charge in [-0.25, -0.2) is 9.18 Å². The number of hydrogen-bond donors (Lipinski definition) is 2. The number of amides is 1. The molecule has 29 heavy (non-hydrogen) atoms. The van der Waals surface area contributed by atoms with Crippen LogP contribution in [-0.4, -0.2) is 41.7 Å². The van der Waals surface area contributed by atoms with E-state index in [1.54, 1.807) is 25.1 Å². The minimum absolute atomic E-state index is 0.0855.